The van der Waals surface area contributed by atoms with Crippen LogP contribution in [0.25, 0.3) is 0 Å². The van der Waals surface area contributed by atoms with Crippen molar-refractivity contribution in [3.63, 3.8) is 0 Å². The summed E-state index contributed by atoms with van der Waals surface area (Å²) in [6.45, 7) is 6.82. The number of ether oxygens (including phenoxy) is 1. The maximum Gasteiger partial charge on any atom is 0.253 e. The molecule has 2 aliphatic heterocycles. The number of amides is 3. The predicted molar refractivity (Wildman–Crippen MR) is 166 cm³/mol. The Morgan fingerprint density at radius 3 is 2.34 bits per heavy atom. The number of carbonyl (C=O) groups excluding carboxylic acids is 3. The van der Waals surface area contributed by atoms with E-state index in [1.165, 1.54) is 16.7 Å². The molecule has 2 aliphatic rings. The number of carbonyl (C=O) groups is 3. The van der Waals surface area contributed by atoms with Crippen LogP contribution in [0.15, 0.2) is 36.4 Å². The van der Waals surface area contributed by atoms with Gasteiger partial charge in [0.25, 0.3) is 5.91 Å². The highest BCUT2D eigenvalue weighted by molar-refractivity contribution is 8.00. The lowest BCUT2D eigenvalue weighted by Gasteiger charge is -2.32. The number of nitrogens with one attached hydrogen (secondary N) is 2. The Bertz CT molecular complexity index is 1300. The molecule has 3 atom stereocenters. The van der Waals surface area contributed by atoms with E-state index in [0.29, 0.717) is 44.7 Å². The molecule has 0 aliphatic carbocycles. The first-order valence-electron chi connectivity index (χ1n) is 14.3. The average molecular weight is 658 g/mol. The van der Waals surface area contributed by atoms with Gasteiger partial charge in [-0.2, -0.15) is 0 Å². The van der Waals surface area contributed by atoms with Gasteiger partial charge in [-0.05, 0) is 41.7 Å². The van der Waals surface area contributed by atoms with Gasteiger partial charge in [-0.3, -0.25) is 14.4 Å². The summed E-state index contributed by atoms with van der Waals surface area (Å²) in [5.41, 5.74) is 7.55. The van der Waals surface area contributed by atoms with Gasteiger partial charge in [0.05, 0.1) is 13.2 Å². The lowest BCUT2D eigenvalue weighted by atomic mass is 10.0. The van der Waals surface area contributed by atoms with Crippen molar-refractivity contribution in [2.45, 2.75) is 50.7 Å². The Balaban J connectivity index is 0.00000529. The molecule has 9 nitrogen and oxygen atoms in total. The quantitative estimate of drug-likeness (QED) is 0.318. The minimum absolute atomic E-state index is 0. The molecule has 2 saturated heterocycles. The molecule has 0 aromatic heterocycles. The first-order chi connectivity index (χ1) is 20.5. The molecule has 0 spiro atoms. The highest BCUT2D eigenvalue weighted by Crippen LogP contribution is 2.26. The van der Waals surface area contributed by atoms with Crippen molar-refractivity contribution in [2.75, 3.05) is 43.9 Å². The summed E-state index contributed by atoms with van der Waals surface area (Å²) in [5, 5.41) is 5.47. The van der Waals surface area contributed by atoms with Crippen LogP contribution in [0.5, 0.6) is 0 Å². The number of nitrogens with two attached hydrogens (primary N) is 1. The zero-order valence-corrected chi connectivity index (χ0v) is 26.3. The van der Waals surface area contributed by atoms with Crippen LogP contribution >= 0.6 is 24.2 Å². The molecule has 0 saturated carbocycles. The van der Waals surface area contributed by atoms with Crippen LogP contribution in [0.2, 0.25) is 0 Å². The molecule has 2 heterocycles. The summed E-state index contributed by atoms with van der Waals surface area (Å²) < 4.78 is 46.1. The molecule has 0 radical (unpaired) electrons. The van der Waals surface area contributed by atoms with E-state index in [0.717, 1.165) is 17.3 Å². The minimum atomic E-state index is -1.29. The summed E-state index contributed by atoms with van der Waals surface area (Å²) in [6.07, 6.45) is -0.334. The predicted octanol–water partition coefficient (Wildman–Crippen LogP) is 3.30. The number of anilines is 1. The van der Waals surface area contributed by atoms with Crippen molar-refractivity contribution < 1.29 is 32.3 Å². The summed E-state index contributed by atoms with van der Waals surface area (Å²) in [7, 11) is 0. The number of rotatable bonds is 11. The molecule has 2 aromatic rings. The fraction of sp³-hybridized carbons (Fsp3) is 0.500. The Morgan fingerprint density at radius 1 is 1.02 bits per heavy atom. The van der Waals surface area contributed by atoms with Crippen molar-refractivity contribution >= 4 is 47.6 Å². The third-order valence-electron chi connectivity index (χ3n) is 7.44. The van der Waals surface area contributed by atoms with Crippen molar-refractivity contribution in [3.8, 4) is 0 Å². The van der Waals surface area contributed by atoms with Crippen molar-refractivity contribution in [1.82, 2.24) is 15.1 Å². The number of hydrogen-bond donors (Lipinski definition) is 3. The molecule has 2 fully saturated rings. The van der Waals surface area contributed by atoms with E-state index in [2.05, 4.69) is 10.6 Å². The minimum Gasteiger partial charge on any atom is -0.378 e. The van der Waals surface area contributed by atoms with E-state index >= 15 is 0 Å². The fourth-order valence-corrected chi connectivity index (χ4v) is 6.19. The van der Waals surface area contributed by atoms with Crippen molar-refractivity contribution in [2.24, 2.45) is 11.7 Å². The third-order valence-corrected chi connectivity index (χ3v) is 8.64. The molecule has 242 valence electrons. The zero-order valence-electron chi connectivity index (χ0n) is 24.7. The van der Waals surface area contributed by atoms with Gasteiger partial charge in [-0.1, -0.05) is 26.0 Å². The summed E-state index contributed by atoms with van der Waals surface area (Å²) in [4.78, 5) is 42.2. The van der Waals surface area contributed by atoms with Gasteiger partial charge in [-0.25, -0.2) is 13.2 Å². The number of thioether (sulfide) groups is 1. The molecular weight excluding hydrogens is 619 g/mol. The van der Waals surface area contributed by atoms with E-state index < -0.39 is 28.9 Å². The van der Waals surface area contributed by atoms with Crippen LogP contribution in [0, 0.1) is 23.4 Å². The monoisotopic (exact) mass is 657 g/mol. The molecule has 0 bridgehead atoms. The van der Waals surface area contributed by atoms with Crippen molar-refractivity contribution in [3.05, 3.63) is 65.0 Å². The highest BCUT2D eigenvalue weighted by atomic mass is 35.5. The normalized spacial score (nSPS) is 18.0. The van der Waals surface area contributed by atoms with Gasteiger partial charge in [0, 0.05) is 56.1 Å². The maximum atomic E-state index is 14.0. The van der Waals surface area contributed by atoms with E-state index in [9.17, 15) is 27.6 Å². The summed E-state index contributed by atoms with van der Waals surface area (Å²) in [6, 6.07) is 7.43. The SMILES string of the molecule is CC(C)[C@@H](Nc1ccc(CNC(=O)[C@@H]2SCCN2C(=O)C[C@H](N)Cc2cc(F)c(F)cc2F)cc1)C(=O)N1CCOCC1.Cl. The summed E-state index contributed by atoms with van der Waals surface area (Å²) >= 11 is 1.33. The van der Waals surface area contributed by atoms with Crippen LogP contribution in [0.3, 0.4) is 0 Å². The standard InChI is InChI=1S/C30H38F3N5O4S.ClH/c1-18(2)27(29(41)37-7-10-42-11-8-37)36-22-5-3-19(4-6-22)17-35-28(40)30-38(9-12-43-30)26(39)15-21(34)13-20-14-24(32)25(33)16-23(20)31;/h3-6,14,16,18,21,27,30,36H,7-13,15,17,34H2,1-2H3,(H,35,40);1H/t21-,27-,30+;/m1./s1. The van der Waals surface area contributed by atoms with Gasteiger partial charge >= 0.3 is 0 Å². The first kappa shape index (κ1) is 35.5. The number of hydrogen-bond acceptors (Lipinski definition) is 7. The Kier molecular flexibility index (Phi) is 13.2. The Labute approximate surface area is 265 Å². The first-order valence-corrected chi connectivity index (χ1v) is 15.4. The Morgan fingerprint density at radius 2 is 1.68 bits per heavy atom. The van der Waals surface area contributed by atoms with Gasteiger partial charge < -0.3 is 30.9 Å². The number of benzene rings is 2. The van der Waals surface area contributed by atoms with Gasteiger partial charge in [0.1, 0.15) is 11.9 Å². The molecule has 14 heteroatoms. The van der Waals surface area contributed by atoms with Gasteiger partial charge in [0.2, 0.25) is 11.8 Å². The van der Waals surface area contributed by atoms with Gasteiger partial charge in [-0.15, -0.1) is 24.2 Å². The molecule has 2 aromatic carbocycles. The largest absolute Gasteiger partial charge is 0.378 e. The molecule has 3 amide bonds. The van der Waals surface area contributed by atoms with Crippen LogP contribution in [-0.2, 0) is 32.1 Å². The van der Waals surface area contributed by atoms with E-state index in [4.69, 9.17) is 10.5 Å². The third kappa shape index (κ3) is 9.26. The molecule has 4 rings (SSSR count). The van der Waals surface area contributed by atoms with Crippen molar-refractivity contribution in [1.29, 1.82) is 0 Å². The average Bonchev–Trinajstić information content (AvgIpc) is 3.48. The second kappa shape index (κ2) is 16.4. The van der Waals surface area contributed by atoms with Crippen LogP contribution in [-0.4, -0.2) is 83.6 Å². The number of nitrogens with zero attached hydrogens (tertiary/aromatic N) is 2. The molecular formula is C30H39ClF3N5O4S. The summed E-state index contributed by atoms with van der Waals surface area (Å²) in [5.74, 6) is -3.43. The van der Waals surface area contributed by atoms with E-state index in [1.807, 2.05) is 43.0 Å². The fourth-order valence-electron chi connectivity index (χ4n) is 5.03. The lowest BCUT2D eigenvalue weighted by molar-refractivity contribution is -0.137. The molecule has 44 heavy (non-hydrogen) atoms. The second-order valence-electron chi connectivity index (χ2n) is 11.1. The highest BCUT2D eigenvalue weighted by Gasteiger charge is 2.35. The smallest absolute Gasteiger partial charge is 0.253 e. The van der Waals surface area contributed by atoms with E-state index in [1.54, 1.807) is 0 Å². The lowest BCUT2D eigenvalue weighted by Crippen LogP contribution is -2.49. The maximum absolute atomic E-state index is 14.0. The van der Waals surface area contributed by atoms with E-state index in [-0.39, 0.29) is 67.0 Å². The molecule has 0 unspecified atom stereocenters. The topological polar surface area (TPSA) is 117 Å². The van der Waals surface area contributed by atoms with Crippen LogP contribution in [0.1, 0.15) is 31.4 Å². The molecule has 4 N–H and O–H groups in total. The second-order valence-corrected chi connectivity index (χ2v) is 12.2. The van der Waals surface area contributed by atoms with Crippen LogP contribution < -0.4 is 16.4 Å². The zero-order chi connectivity index (χ0) is 31.1. The van der Waals surface area contributed by atoms with Crippen LogP contribution in [0.4, 0.5) is 18.9 Å². The number of morpholine rings is 1. The Hall–Kier alpha value is -3.00. The van der Waals surface area contributed by atoms with Gasteiger partial charge in [0.15, 0.2) is 17.0 Å². The number of halogens is 4.